The van der Waals surface area contributed by atoms with Gasteiger partial charge in [0.15, 0.2) is 0 Å². The average molecular weight is 191 g/mol. The predicted octanol–water partition coefficient (Wildman–Crippen LogP) is 1.43. The fourth-order valence-electron chi connectivity index (χ4n) is 1.18. The molecule has 0 bridgehead atoms. The molecule has 0 unspecified atom stereocenters. The lowest BCUT2D eigenvalue weighted by atomic mass is 10.2. The van der Waals surface area contributed by atoms with Crippen molar-refractivity contribution in [1.29, 1.82) is 0 Å². The van der Waals surface area contributed by atoms with Gasteiger partial charge >= 0.3 is 4.87 Å². The lowest BCUT2D eigenvalue weighted by Crippen LogP contribution is -1.90. The van der Waals surface area contributed by atoms with Crippen LogP contribution in [0.4, 0.5) is 0 Å². The second kappa shape index (κ2) is 3.01. The summed E-state index contributed by atoms with van der Waals surface area (Å²) in [5.74, 6) is 1.69. The first-order valence-electron chi connectivity index (χ1n) is 3.64. The molecule has 1 N–H and O–H groups in total. The normalized spacial score (nSPS) is 9.85. The summed E-state index contributed by atoms with van der Waals surface area (Å²) in [5.41, 5.74) is 1.41. The molecule has 0 fully saturated rings. The van der Waals surface area contributed by atoms with Crippen LogP contribution in [0, 0.1) is 0 Å². The smallest absolute Gasteiger partial charge is 0.305 e. The Hall–Kier alpha value is -1.64. The molecule has 0 spiro atoms. The minimum Gasteiger partial charge on any atom is -0.312 e. The highest BCUT2D eigenvalue weighted by molar-refractivity contribution is 7.16. The van der Waals surface area contributed by atoms with Crippen LogP contribution in [0.5, 0.6) is 0 Å². The maximum absolute atomic E-state index is 11.0. The van der Waals surface area contributed by atoms with Crippen molar-refractivity contribution in [2.45, 2.75) is 0 Å². The van der Waals surface area contributed by atoms with Gasteiger partial charge in [-0.15, -0.1) is 0 Å². The number of aromatic amines is 1. The van der Waals surface area contributed by atoms with Crippen LogP contribution in [-0.2, 0) is 4.79 Å². The van der Waals surface area contributed by atoms with Gasteiger partial charge in [-0.05, 0) is 6.07 Å². The van der Waals surface area contributed by atoms with E-state index >= 15 is 0 Å². The van der Waals surface area contributed by atoms with Crippen LogP contribution in [0.3, 0.4) is 0 Å². The van der Waals surface area contributed by atoms with E-state index in [-0.39, 0.29) is 4.87 Å². The summed E-state index contributed by atoms with van der Waals surface area (Å²) in [7, 11) is 0. The first-order valence-corrected chi connectivity index (χ1v) is 4.45. The fourth-order valence-corrected chi connectivity index (χ4v) is 1.95. The van der Waals surface area contributed by atoms with Crippen molar-refractivity contribution >= 4 is 33.6 Å². The molecule has 2 aromatic rings. The number of H-pyrrole nitrogens is 1. The van der Waals surface area contributed by atoms with E-state index in [0.29, 0.717) is 11.1 Å². The molecule has 0 aliphatic rings. The summed E-state index contributed by atoms with van der Waals surface area (Å²) < 4.78 is 0.856. The van der Waals surface area contributed by atoms with Crippen molar-refractivity contribution in [3.05, 3.63) is 33.4 Å². The second-order valence-electron chi connectivity index (χ2n) is 2.50. The van der Waals surface area contributed by atoms with E-state index < -0.39 is 0 Å². The van der Waals surface area contributed by atoms with Gasteiger partial charge in [0, 0.05) is 11.6 Å². The van der Waals surface area contributed by atoms with Crippen LogP contribution < -0.4 is 4.87 Å². The molecule has 0 aliphatic heterocycles. The van der Waals surface area contributed by atoms with E-state index in [1.165, 1.54) is 6.08 Å². The largest absolute Gasteiger partial charge is 0.312 e. The zero-order valence-electron chi connectivity index (χ0n) is 6.53. The van der Waals surface area contributed by atoms with Crippen molar-refractivity contribution in [1.82, 2.24) is 4.98 Å². The molecule has 1 aromatic carbocycles. The molecular formula is C9H5NO2S. The average Bonchev–Trinajstić information content (AvgIpc) is 2.47. The highest BCUT2D eigenvalue weighted by Crippen LogP contribution is 2.18. The predicted molar refractivity (Wildman–Crippen MR) is 52.6 cm³/mol. The van der Waals surface area contributed by atoms with Gasteiger partial charge in [0.2, 0.25) is 0 Å². The number of carbonyl (C=O) groups excluding carboxylic acids is 1. The Bertz CT molecular complexity index is 546. The Morgan fingerprint density at radius 1 is 1.46 bits per heavy atom. The third kappa shape index (κ3) is 1.33. The van der Waals surface area contributed by atoms with Crippen LogP contribution in [0.2, 0.25) is 0 Å². The molecule has 64 valence electrons. The van der Waals surface area contributed by atoms with Crippen molar-refractivity contribution in [2.24, 2.45) is 0 Å². The fraction of sp³-hybridized carbons (Fsp3) is 0. The zero-order chi connectivity index (χ0) is 9.26. The van der Waals surface area contributed by atoms with E-state index in [0.717, 1.165) is 16.0 Å². The molecule has 2 rings (SSSR count). The number of nitrogens with one attached hydrogen (secondary N) is 1. The SMILES string of the molecule is O=C=Cc1cccc2sc(=O)[nH]c12. The maximum Gasteiger partial charge on any atom is 0.305 e. The molecule has 3 nitrogen and oxygen atoms in total. The molecule has 0 aliphatic carbocycles. The monoisotopic (exact) mass is 191 g/mol. The van der Waals surface area contributed by atoms with E-state index in [2.05, 4.69) is 4.98 Å². The van der Waals surface area contributed by atoms with Gasteiger partial charge in [0.25, 0.3) is 0 Å². The van der Waals surface area contributed by atoms with E-state index in [1.807, 2.05) is 6.07 Å². The number of rotatable bonds is 1. The number of aromatic nitrogens is 1. The van der Waals surface area contributed by atoms with Gasteiger partial charge in [-0.1, -0.05) is 23.5 Å². The zero-order valence-corrected chi connectivity index (χ0v) is 7.35. The van der Waals surface area contributed by atoms with Gasteiger partial charge in [0.05, 0.1) is 10.2 Å². The number of benzene rings is 1. The summed E-state index contributed by atoms with van der Waals surface area (Å²) >= 11 is 1.13. The Balaban J connectivity index is 2.89. The number of para-hydroxylation sites is 1. The number of fused-ring (bicyclic) bond motifs is 1. The molecule has 4 heteroatoms. The Labute approximate surface area is 77.3 Å². The van der Waals surface area contributed by atoms with Crippen LogP contribution in [0.1, 0.15) is 5.56 Å². The minimum absolute atomic E-state index is 0.109. The van der Waals surface area contributed by atoms with Gasteiger partial charge < -0.3 is 4.98 Å². The maximum atomic E-state index is 11.0. The van der Waals surface area contributed by atoms with Crippen LogP contribution in [0.15, 0.2) is 23.0 Å². The molecule has 0 radical (unpaired) electrons. The third-order valence-electron chi connectivity index (χ3n) is 1.70. The van der Waals surface area contributed by atoms with Crippen molar-refractivity contribution < 1.29 is 4.79 Å². The topological polar surface area (TPSA) is 49.9 Å². The molecule has 0 saturated heterocycles. The number of thiazole rings is 1. The molecular weight excluding hydrogens is 186 g/mol. The standard InChI is InChI=1S/C9H5NO2S/c11-5-4-6-2-1-3-7-8(6)10-9(12)13-7/h1-4H,(H,10,12). The lowest BCUT2D eigenvalue weighted by Gasteiger charge is -1.91. The highest BCUT2D eigenvalue weighted by Gasteiger charge is 2.01. The van der Waals surface area contributed by atoms with Crippen molar-refractivity contribution in [3.63, 3.8) is 0 Å². The van der Waals surface area contributed by atoms with Crippen molar-refractivity contribution in [2.75, 3.05) is 0 Å². The summed E-state index contributed by atoms with van der Waals surface area (Å²) in [6.07, 6.45) is 1.31. The van der Waals surface area contributed by atoms with Crippen LogP contribution >= 0.6 is 11.3 Å². The third-order valence-corrected chi connectivity index (χ3v) is 2.55. The first kappa shape index (κ1) is 7.98. The molecule has 0 amide bonds. The van der Waals surface area contributed by atoms with Gasteiger partial charge in [0.1, 0.15) is 5.94 Å². The molecule has 0 atom stereocenters. The summed E-state index contributed by atoms with van der Waals surface area (Å²) in [6, 6.07) is 5.39. The van der Waals surface area contributed by atoms with Crippen LogP contribution in [-0.4, -0.2) is 10.9 Å². The molecule has 1 heterocycles. The quantitative estimate of drug-likeness (QED) is 0.693. The van der Waals surface area contributed by atoms with Gasteiger partial charge in [-0.3, -0.25) is 4.79 Å². The molecule has 0 saturated carbocycles. The van der Waals surface area contributed by atoms with Gasteiger partial charge in [-0.25, -0.2) is 4.79 Å². The Morgan fingerprint density at radius 3 is 3.08 bits per heavy atom. The molecule has 13 heavy (non-hydrogen) atoms. The van der Waals surface area contributed by atoms with Gasteiger partial charge in [-0.2, -0.15) is 0 Å². The number of hydrogen-bond acceptors (Lipinski definition) is 3. The first-order chi connectivity index (χ1) is 6.31. The molecule has 1 aromatic heterocycles. The van der Waals surface area contributed by atoms with Crippen molar-refractivity contribution in [3.8, 4) is 0 Å². The highest BCUT2D eigenvalue weighted by atomic mass is 32.1. The van der Waals surface area contributed by atoms with Crippen LogP contribution in [0.25, 0.3) is 16.3 Å². The minimum atomic E-state index is -0.109. The van der Waals surface area contributed by atoms with E-state index in [9.17, 15) is 9.59 Å². The van der Waals surface area contributed by atoms with E-state index in [4.69, 9.17) is 0 Å². The Kier molecular flexibility index (Phi) is 1.85. The number of hydrogen-bond donors (Lipinski definition) is 1. The summed E-state index contributed by atoms with van der Waals surface area (Å²) in [6.45, 7) is 0. The van der Waals surface area contributed by atoms with E-state index in [1.54, 1.807) is 18.1 Å². The Morgan fingerprint density at radius 2 is 2.31 bits per heavy atom. The summed E-state index contributed by atoms with van der Waals surface area (Å²) in [4.78, 5) is 23.7. The second-order valence-corrected chi connectivity index (χ2v) is 3.51. The summed E-state index contributed by atoms with van der Waals surface area (Å²) in [5, 5.41) is 0. The lowest BCUT2D eigenvalue weighted by molar-refractivity contribution is 0.570.